The smallest absolute Gasteiger partial charge is 0.410 e. The number of amides is 1. The number of hydrogen-bond acceptors (Lipinski definition) is 3. The Balaban J connectivity index is 2.36. The lowest BCUT2D eigenvalue weighted by Crippen LogP contribution is -2.48. The highest BCUT2D eigenvalue weighted by Crippen LogP contribution is 2.35. The van der Waals surface area contributed by atoms with Gasteiger partial charge in [-0.2, -0.15) is 0 Å². The van der Waals surface area contributed by atoms with Crippen LogP contribution in [0.2, 0.25) is 0 Å². The molecular formula is C16H21BrFNO3. The first kappa shape index (κ1) is 17.2. The number of methoxy groups -OCH3 is 1. The van der Waals surface area contributed by atoms with Gasteiger partial charge in [-0.25, -0.2) is 9.18 Å². The van der Waals surface area contributed by atoms with Gasteiger partial charge < -0.3 is 14.4 Å². The average molecular weight is 374 g/mol. The van der Waals surface area contributed by atoms with E-state index in [0.29, 0.717) is 18.6 Å². The Morgan fingerprint density at radius 2 is 2.18 bits per heavy atom. The second-order valence-electron chi connectivity index (χ2n) is 6.28. The summed E-state index contributed by atoms with van der Waals surface area (Å²) in [6.07, 6.45) is -0.295. The molecule has 1 aromatic carbocycles. The summed E-state index contributed by atoms with van der Waals surface area (Å²) in [5, 5.41) is 0. The van der Waals surface area contributed by atoms with E-state index in [2.05, 4.69) is 15.9 Å². The Morgan fingerprint density at radius 1 is 1.50 bits per heavy atom. The van der Waals surface area contributed by atoms with Crippen LogP contribution in [0, 0.1) is 5.82 Å². The van der Waals surface area contributed by atoms with Crippen molar-refractivity contribution in [3.05, 3.63) is 33.5 Å². The molecule has 0 saturated heterocycles. The number of rotatable bonds is 2. The summed E-state index contributed by atoms with van der Waals surface area (Å²) in [5.41, 5.74) is 0.991. The number of halogens is 2. The van der Waals surface area contributed by atoms with Gasteiger partial charge >= 0.3 is 6.09 Å². The fraction of sp³-hybridized carbons (Fsp3) is 0.562. The van der Waals surface area contributed by atoms with E-state index in [4.69, 9.17) is 9.47 Å². The van der Waals surface area contributed by atoms with E-state index in [1.807, 2.05) is 20.8 Å². The van der Waals surface area contributed by atoms with Gasteiger partial charge in [-0.3, -0.25) is 0 Å². The van der Waals surface area contributed by atoms with Crippen LogP contribution in [0.4, 0.5) is 9.18 Å². The minimum Gasteiger partial charge on any atom is -0.453 e. The molecule has 1 atom stereocenters. The first-order valence-corrected chi connectivity index (χ1v) is 7.99. The first-order valence-electron chi connectivity index (χ1n) is 7.19. The highest BCUT2D eigenvalue weighted by atomic mass is 79.9. The van der Waals surface area contributed by atoms with E-state index < -0.39 is 17.7 Å². The van der Waals surface area contributed by atoms with Crippen LogP contribution < -0.4 is 0 Å². The van der Waals surface area contributed by atoms with Crippen molar-refractivity contribution in [3.8, 4) is 0 Å². The Kier molecular flexibility index (Phi) is 5.12. The van der Waals surface area contributed by atoms with Crippen LogP contribution in [0.15, 0.2) is 16.6 Å². The van der Waals surface area contributed by atoms with Gasteiger partial charge in [-0.1, -0.05) is 15.9 Å². The van der Waals surface area contributed by atoms with E-state index in [9.17, 15) is 9.18 Å². The zero-order valence-corrected chi connectivity index (χ0v) is 14.9. The van der Waals surface area contributed by atoms with Crippen molar-refractivity contribution in [2.45, 2.75) is 38.8 Å². The van der Waals surface area contributed by atoms with Gasteiger partial charge in [0.15, 0.2) is 0 Å². The molecule has 1 aliphatic rings. The minimum atomic E-state index is -0.500. The molecule has 0 bridgehead atoms. The minimum absolute atomic E-state index is 0.247. The lowest BCUT2D eigenvalue weighted by molar-refractivity contribution is -0.00601. The molecule has 2 rings (SSSR count). The highest BCUT2D eigenvalue weighted by molar-refractivity contribution is 9.10. The molecule has 122 valence electrons. The van der Waals surface area contributed by atoms with E-state index >= 15 is 0 Å². The fourth-order valence-electron chi connectivity index (χ4n) is 2.64. The maximum Gasteiger partial charge on any atom is 0.410 e. The number of nitrogens with zero attached hydrogens (tertiary/aromatic N) is 1. The third-order valence-electron chi connectivity index (χ3n) is 3.79. The molecule has 22 heavy (non-hydrogen) atoms. The zero-order chi connectivity index (χ0) is 16.5. The molecular weight excluding hydrogens is 353 g/mol. The number of hydrogen-bond donors (Lipinski definition) is 0. The van der Waals surface area contributed by atoms with Crippen LogP contribution in [0.25, 0.3) is 0 Å². The van der Waals surface area contributed by atoms with Gasteiger partial charge in [-0.05, 0) is 44.9 Å². The Morgan fingerprint density at radius 3 is 2.77 bits per heavy atom. The summed E-state index contributed by atoms with van der Waals surface area (Å²) in [7, 11) is 1.34. The third-order valence-corrected chi connectivity index (χ3v) is 4.54. The maximum atomic E-state index is 14.3. The zero-order valence-electron chi connectivity index (χ0n) is 13.3. The first-order chi connectivity index (χ1) is 10.3. The number of carbonyl (C=O) groups excluding carboxylic acids is 1. The quantitative estimate of drug-likeness (QED) is 0.784. The molecule has 4 nitrogen and oxygen atoms in total. The van der Waals surface area contributed by atoms with Crippen molar-refractivity contribution in [3.63, 3.8) is 0 Å². The van der Waals surface area contributed by atoms with Gasteiger partial charge in [0.25, 0.3) is 0 Å². The Hall–Kier alpha value is -1.14. The van der Waals surface area contributed by atoms with Crippen LogP contribution in [0.3, 0.4) is 0 Å². The number of fused-ring (bicyclic) bond motifs is 1. The van der Waals surface area contributed by atoms with Crippen LogP contribution >= 0.6 is 15.9 Å². The summed E-state index contributed by atoms with van der Waals surface area (Å²) in [5.74, 6) is -0.304. The average Bonchev–Trinajstić information content (AvgIpc) is 2.46. The molecule has 0 radical (unpaired) electrons. The topological polar surface area (TPSA) is 38.8 Å². The lowest BCUT2D eigenvalue weighted by Gasteiger charge is -2.38. The van der Waals surface area contributed by atoms with Crippen molar-refractivity contribution in [1.82, 2.24) is 4.90 Å². The molecule has 1 amide bonds. The molecule has 0 spiro atoms. The summed E-state index contributed by atoms with van der Waals surface area (Å²) >= 11 is 3.46. The molecule has 6 heteroatoms. The monoisotopic (exact) mass is 373 g/mol. The number of benzene rings is 1. The van der Waals surface area contributed by atoms with Crippen molar-refractivity contribution in [1.29, 1.82) is 0 Å². The van der Waals surface area contributed by atoms with Crippen molar-refractivity contribution < 1.29 is 18.7 Å². The van der Waals surface area contributed by atoms with Gasteiger partial charge in [-0.15, -0.1) is 0 Å². The van der Waals surface area contributed by atoms with Crippen molar-refractivity contribution >= 4 is 22.0 Å². The van der Waals surface area contributed by atoms with E-state index in [1.54, 1.807) is 11.0 Å². The SMILES string of the molecule is COC(=O)N(CC1OCCc2c(Br)ccc(F)c21)C(C)(C)C. The molecule has 0 N–H and O–H groups in total. The van der Waals surface area contributed by atoms with Gasteiger partial charge in [0.1, 0.15) is 11.9 Å². The number of carbonyl (C=O) groups is 1. The van der Waals surface area contributed by atoms with Crippen LogP contribution in [-0.2, 0) is 15.9 Å². The van der Waals surface area contributed by atoms with E-state index in [1.165, 1.54) is 13.2 Å². The lowest BCUT2D eigenvalue weighted by atomic mass is 9.95. The molecule has 0 saturated carbocycles. The predicted octanol–water partition coefficient (Wildman–Crippen LogP) is 4.07. The van der Waals surface area contributed by atoms with E-state index in [-0.39, 0.29) is 12.4 Å². The molecule has 0 aliphatic carbocycles. The second kappa shape index (κ2) is 6.54. The summed E-state index contributed by atoms with van der Waals surface area (Å²) in [6.45, 7) is 6.47. The molecule has 1 aromatic rings. The van der Waals surface area contributed by atoms with Gasteiger partial charge in [0.05, 0.1) is 20.3 Å². The second-order valence-corrected chi connectivity index (χ2v) is 7.14. The van der Waals surface area contributed by atoms with Crippen molar-refractivity contribution in [2.75, 3.05) is 20.3 Å². The highest BCUT2D eigenvalue weighted by Gasteiger charge is 2.34. The van der Waals surface area contributed by atoms with Crippen LogP contribution in [0.1, 0.15) is 38.0 Å². The molecule has 0 aromatic heterocycles. The van der Waals surface area contributed by atoms with Crippen LogP contribution in [0.5, 0.6) is 0 Å². The largest absolute Gasteiger partial charge is 0.453 e. The Labute approximate surface area is 138 Å². The fourth-order valence-corrected chi connectivity index (χ4v) is 3.18. The summed E-state index contributed by atoms with van der Waals surface area (Å²) in [4.78, 5) is 13.6. The molecule has 1 unspecified atom stereocenters. The molecule has 1 aliphatic heterocycles. The van der Waals surface area contributed by atoms with Gasteiger partial charge in [0.2, 0.25) is 0 Å². The predicted molar refractivity (Wildman–Crippen MR) is 85.4 cm³/mol. The Bertz CT molecular complexity index is 571. The molecule has 0 fully saturated rings. The number of ether oxygens (including phenoxy) is 2. The maximum absolute atomic E-state index is 14.3. The third kappa shape index (κ3) is 3.43. The summed E-state index contributed by atoms with van der Waals surface area (Å²) in [6, 6.07) is 3.13. The summed E-state index contributed by atoms with van der Waals surface area (Å²) < 4.78 is 25.8. The normalized spacial score (nSPS) is 17.8. The van der Waals surface area contributed by atoms with E-state index in [0.717, 1.165) is 10.0 Å². The molecule has 1 heterocycles. The van der Waals surface area contributed by atoms with Crippen molar-refractivity contribution in [2.24, 2.45) is 0 Å². The van der Waals surface area contributed by atoms with Crippen LogP contribution in [-0.4, -0.2) is 36.8 Å². The van der Waals surface area contributed by atoms with Gasteiger partial charge in [0, 0.05) is 15.6 Å². The standard InChI is InChI=1S/C16H21BrFNO3/c1-16(2,3)19(15(20)21-4)9-13-14-10(7-8-22-13)11(17)5-6-12(14)18/h5-6,13H,7-9H2,1-4H3.